The van der Waals surface area contributed by atoms with Gasteiger partial charge in [0.15, 0.2) is 0 Å². The van der Waals surface area contributed by atoms with E-state index < -0.39 is 14.4 Å². The molecule has 0 aromatic heterocycles. The van der Waals surface area contributed by atoms with Gasteiger partial charge in [-0.1, -0.05) is 81.4 Å². The van der Waals surface area contributed by atoms with Crippen LogP contribution in [0.25, 0.3) is 0 Å². The fourth-order valence-corrected chi connectivity index (χ4v) is 9.82. The Labute approximate surface area is 187 Å². The highest BCUT2D eigenvalue weighted by atomic mass is 28.4. The average Bonchev–Trinajstić information content (AvgIpc) is 2.77. The Hall–Kier alpha value is -1.50. The summed E-state index contributed by atoms with van der Waals surface area (Å²) < 4.78 is 19.1. The van der Waals surface area contributed by atoms with Gasteiger partial charge in [-0.2, -0.15) is 0 Å². The Morgan fingerprint density at radius 2 is 1.58 bits per heavy atom. The van der Waals surface area contributed by atoms with Gasteiger partial charge < -0.3 is 19.0 Å². The number of aliphatic hydroxyl groups is 1. The van der Waals surface area contributed by atoms with E-state index in [0.29, 0.717) is 19.4 Å². The lowest BCUT2D eigenvalue weighted by molar-refractivity contribution is -0.204. The van der Waals surface area contributed by atoms with Crippen molar-refractivity contribution in [2.75, 3.05) is 13.2 Å². The third-order valence-corrected chi connectivity index (χ3v) is 11.8. The van der Waals surface area contributed by atoms with E-state index >= 15 is 0 Å². The highest BCUT2D eigenvalue weighted by molar-refractivity contribution is 6.99. The van der Waals surface area contributed by atoms with Crippen LogP contribution in [-0.2, 0) is 13.9 Å². The number of hydrogen-bond donors (Lipinski definition) is 1. The molecule has 4 rings (SSSR count). The van der Waals surface area contributed by atoms with Crippen molar-refractivity contribution in [2.24, 2.45) is 0 Å². The van der Waals surface area contributed by atoms with E-state index in [-0.39, 0.29) is 23.4 Å². The monoisotopic (exact) mass is 440 g/mol. The molecule has 0 radical (unpaired) electrons. The first kappa shape index (κ1) is 22.7. The summed E-state index contributed by atoms with van der Waals surface area (Å²) in [7, 11) is -2.55. The third kappa shape index (κ3) is 4.66. The Morgan fingerprint density at radius 3 is 2.16 bits per heavy atom. The Morgan fingerprint density at radius 1 is 0.968 bits per heavy atom. The summed E-state index contributed by atoms with van der Waals surface area (Å²) in [4.78, 5) is 0. The zero-order chi connectivity index (χ0) is 21.9. The summed E-state index contributed by atoms with van der Waals surface area (Å²) in [6.07, 6.45) is 2.85. The Balaban J connectivity index is 1.56. The molecule has 31 heavy (non-hydrogen) atoms. The van der Waals surface area contributed by atoms with Crippen molar-refractivity contribution in [1.29, 1.82) is 0 Å². The number of hydrogen-bond acceptors (Lipinski definition) is 4. The molecule has 1 N–H and O–H groups in total. The fourth-order valence-electron chi connectivity index (χ4n) is 5.24. The molecule has 2 fully saturated rings. The van der Waals surface area contributed by atoms with E-state index in [1.807, 2.05) is 0 Å². The predicted octanol–water partition coefficient (Wildman–Crippen LogP) is 3.65. The summed E-state index contributed by atoms with van der Waals surface area (Å²) in [5, 5.41) is 13.2. The van der Waals surface area contributed by atoms with Crippen molar-refractivity contribution in [2.45, 2.75) is 75.9 Å². The summed E-state index contributed by atoms with van der Waals surface area (Å²) in [6.45, 7) is 8.20. The van der Waals surface area contributed by atoms with E-state index in [4.69, 9.17) is 13.9 Å². The van der Waals surface area contributed by atoms with E-state index in [0.717, 1.165) is 19.4 Å². The molecule has 2 aromatic rings. The van der Waals surface area contributed by atoms with Gasteiger partial charge in [-0.15, -0.1) is 0 Å². The minimum atomic E-state index is -2.55. The number of benzene rings is 2. The molecule has 5 heteroatoms. The average molecular weight is 441 g/mol. The molecule has 0 saturated carbocycles. The first-order valence-corrected chi connectivity index (χ1v) is 13.5. The molecule has 0 aliphatic carbocycles. The van der Waals surface area contributed by atoms with Gasteiger partial charge in [-0.3, -0.25) is 0 Å². The SMILES string of the molecule is CC(C)(C)[Si](OCC[C@H]1O[C@H]2CCCO[C@@H]2C[C@@H]1O)(c1ccccc1)c1ccccc1. The van der Waals surface area contributed by atoms with Crippen LogP contribution in [0.4, 0.5) is 0 Å². The smallest absolute Gasteiger partial charge is 0.261 e. The summed E-state index contributed by atoms with van der Waals surface area (Å²) in [5.41, 5.74) is 0. The van der Waals surface area contributed by atoms with Gasteiger partial charge in [0.05, 0.1) is 24.4 Å². The van der Waals surface area contributed by atoms with Crippen LogP contribution in [0.3, 0.4) is 0 Å². The maximum atomic E-state index is 10.7. The van der Waals surface area contributed by atoms with Gasteiger partial charge in [-0.25, -0.2) is 0 Å². The largest absolute Gasteiger partial charge is 0.407 e. The number of aliphatic hydroxyl groups excluding tert-OH is 1. The topological polar surface area (TPSA) is 47.9 Å². The maximum Gasteiger partial charge on any atom is 0.261 e. The minimum Gasteiger partial charge on any atom is -0.407 e. The van der Waals surface area contributed by atoms with Gasteiger partial charge in [0.1, 0.15) is 0 Å². The van der Waals surface area contributed by atoms with Gasteiger partial charge in [-0.05, 0) is 34.7 Å². The van der Waals surface area contributed by atoms with Crippen molar-refractivity contribution in [3.8, 4) is 0 Å². The highest BCUT2D eigenvalue weighted by Crippen LogP contribution is 2.37. The van der Waals surface area contributed by atoms with Gasteiger partial charge in [0, 0.05) is 19.6 Å². The van der Waals surface area contributed by atoms with Crippen LogP contribution in [0, 0.1) is 0 Å². The number of rotatable bonds is 6. The molecule has 0 amide bonds. The second-order valence-corrected chi connectivity index (χ2v) is 14.2. The van der Waals surface area contributed by atoms with Crippen LogP contribution in [0.5, 0.6) is 0 Å². The van der Waals surface area contributed by atoms with Crippen LogP contribution >= 0.6 is 0 Å². The zero-order valence-corrected chi connectivity index (χ0v) is 20.0. The van der Waals surface area contributed by atoms with Crippen LogP contribution < -0.4 is 10.4 Å². The second-order valence-electron chi connectivity index (χ2n) is 9.87. The molecule has 2 aliphatic rings. The quantitative estimate of drug-likeness (QED) is 0.697. The Bertz CT molecular complexity index is 781. The molecular formula is C26H36O4Si. The van der Waals surface area contributed by atoms with Gasteiger partial charge in [0.25, 0.3) is 8.32 Å². The zero-order valence-electron chi connectivity index (χ0n) is 19.0. The molecule has 0 spiro atoms. The summed E-state index contributed by atoms with van der Waals surface area (Å²) >= 11 is 0. The molecule has 4 atom stereocenters. The molecule has 4 nitrogen and oxygen atoms in total. The van der Waals surface area contributed by atoms with Crippen molar-refractivity contribution in [1.82, 2.24) is 0 Å². The van der Waals surface area contributed by atoms with Crippen molar-refractivity contribution < 1.29 is 19.0 Å². The summed E-state index contributed by atoms with van der Waals surface area (Å²) in [5.74, 6) is 0. The predicted molar refractivity (Wildman–Crippen MR) is 126 cm³/mol. The highest BCUT2D eigenvalue weighted by Gasteiger charge is 2.50. The molecule has 0 bridgehead atoms. The normalized spacial score (nSPS) is 27.0. The molecule has 2 saturated heterocycles. The van der Waals surface area contributed by atoms with Crippen LogP contribution in [0.15, 0.2) is 60.7 Å². The first-order chi connectivity index (χ1) is 14.9. The van der Waals surface area contributed by atoms with E-state index in [1.165, 1.54) is 10.4 Å². The lowest BCUT2D eigenvalue weighted by Gasteiger charge is -2.44. The molecule has 2 aliphatic heterocycles. The van der Waals surface area contributed by atoms with Crippen molar-refractivity contribution >= 4 is 18.7 Å². The van der Waals surface area contributed by atoms with Gasteiger partial charge in [0.2, 0.25) is 0 Å². The standard InChI is InChI=1S/C26H36O4Si/c1-26(2,3)31(20-11-6-4-7-12-20,21-13-8-5-9-14-21)29-18-16-23-22(27)19-25-24(30-23)15-10-17-28-25/h4-9,11-14,22-25,27H,10,15-19H2,1-3H3/t22-,23+,24-,25+/m0/s1. The van der Waals surface area contributed by atoms with Gasteiger partial charge >= 0.3 is 0 Å². The molecule has 2 aromatic carbocycles. The number of ether oxygens (including phenoxy) is 2. The maximum absolute atomic E-state index is 10.7. The van der Waals surface area contributed by atoms with Crippen molar-refractivity contribution in [3.63, 3.8) is 0 Å². The molecule has 2 heterocycles. The second kappa shape index (κ2) is 9.55. The van der Waals surface area contributed by atoms with E-state index in [2.05, 4.69) is 81.4 Å². The van der Waals surface area contributed by atoms with E-state index in [1.54, 1.807) is 0 Å². The van der Waals surface area contributed by atoms with Crippen LogP contribution in [0.1, 0.15) is 46.5 Å². The van der Waals surface area contributed by atoms with Crippen LogP contribution in [-0.4, -0.2) is 51.1 Å². The fraction of sp³-hybridized carbons (Fsp3) is 0.538. The summed E-state index contributed by atoms with van der Waals surface area (Å²) in [6, 6.07) is 21.4. The first-order valence-electron chi connectivity index (χ1n) is 11.6. The Kier molecular flexibility index (Phi) is 6.99. The number of fused-ring (bicyclic) bond motifs is 1. The minimum absolute atomic E-state index is 0.0394. The molecular weight excluding hydrogens is 404 g/mol. The van der Waals surface area contributed by atoms with E-state index in [9.17, 15) is 5.11 Å². The lowest BCUT2D eigenvalue weighted by Crippen LogP contribution is -2.66. The molecule has 0 unspecified atom stereocenters. The van der Waals surface area contributed by atoms with Crippen molar-refractivity contribution in [3.05, 3.63) is 60.7 Å². The van der Waals surface area contributed by atoms with Crippen LogP contribution in [0.2, 0.25) is 5.04 Å². The lowest BCUT2D eigenvalue weighted by atomic mass is 9.93. The third-order valence-electron chi connectivity index (χ3n) is 6.77. The molecule has 168 valence electrons.